The van der Waals surface area contributed by atoms with Gasteiger partial charge in [-0.2, -0.15) is 0 Å². The standard InChI is InChI=1S/C20H21N5O2/c1-21-20(26)15-11-22-19(10-17(15)23-14-8-9-27-12-14)25-18-7-6-13-4-2-3-5-16(13)24-18/h2-7,10-11,14H,8-9,12H2,1H3,(H,21,26)(H2,22,23,24,25)/t14-/m1/s1. The number of hydrogen-bond acceptors (Lipinski definition) is 6. The molecule has 1 amide bonds. The van der Waals surface area contributed by atoms with Crippen molar-refractivity contribution in [1.82, 2.24) is 15.3 Å². The molecule has 1 aliphatic heterocycles. The summed E-state index contributed by atoms with van der Waals surface area (Å²) in [6.45, 7) is 1.36. The van der Waals surface area contributed by atoms with Crippen molar-refractivity contribution in [1.29, 1.82) is 0 Å². The molecule has 3 heterocycles. The number of nitrogens with zero attached hydrogens (tertiary/aromatic N) is 2. The summed E-state index contributed by atoms with van der Waals surface area (Å²) < 4.78 is 5.42. The Kier molecular flexibility index (Phi) is 4.84. The molecule has 1 fully saturated rings. The Balaban J connectivity index is 1.62. The molecule has 1 saturated heterocycles. The first-order valence-electron chi connectivity index (χ1n) is 8.92. The molecule has 1 atom stereocenters. The van der Waals surface area contributed by atoms with Crippen molar-refractivity contribution in [2.24, 2.45) is 0 Å². The third-order valence-corrected chi connectivity index (χ3v) is 4.52. The van der Waals surface area contributed by atoms with E-state index in [4.69, 9.17) is 4.74 Å². The first-order valence-corrected chi connectivity index (χ1v) is 8.92. The molecule has 27 heavy (non-hydrogen) atoms. The third-order valence-electron chi connectivity index (χ3n) is 4.52. The van der Waals surface area contributed by atoms with Gasteiger partial charge in [0.05, 0.1) is 29.4 Å². The van der Waals surface area contributed by atoms with E-state index in [0.29, 0.717) is 23.8 Å². The lowest BCUT2D eigenvalue weighted by molar-refractivity contribution is 0.0963. The maximum absolute atomic E-state index is 12.2. The van der Waals surface area contributed by atoms with Crippen LogP contribution in [0.1, 0.15) is 16.8 Å². The number of nitrogens with one attached hydrogen (secondary N) is 3. The van der Waals surface area contributed by atoms with Crippen molar-refractivity contribution in [2.75, 3.05) is 30.9 Å². The SMILES string of the molecule is CNC(=O)c1cnc(Nc2ccc3ccccc3n2)cc1N[C@@H]1CCOC1. The van der Waals surface area contributed by atoms with Gasteiger partial charge in [0.25, 0.3) is 5.91 Å². The van der Waals surface area contributed by atoms with Gasteiger partial charge >= 0.3 is 0 Å². The van der Waals surface area contributed by atoms with E-state index < -0.39 is 0 Å². The van der Waals surface area contributed by atoms with Crippen LogP contribution >= 0.6 is 0 Å². The van der Waals surface area contributed by atoms with Crippen molar-refractivity contribution in [3.8, 4) is 0 Å². The Morgan fingerprint density at radius 2 is 2.07 bits per heavy atom. The van der Waals surface area contributed by atoms with E-state index >= 15 is 0 Å². The number of fused-ring (bicyclic) bond motifs is 1. The number of rotatable bonds is 5. The van der Waals surface area contributed by atoms with Crippen LogP contribution in [0.2, 0.25) is 0 Å². The minimum absolute atomic E-state index is 0.181. The fourth-order valence-corrected chi connectivity index (χ4v) is 3.09. The molecule has 0 aliphatic carbocycles. The number of carbonyl (C=O) groups is 1. The van der Waals surface area contributed by atoms with Crippen LogP contribution in [0.4, 0.5) is 17.3 Å². The Morgan fingerprint density at radius 1 is 1.19 bits per heavy atom. The summed E-state index contributed by atoms with van der Waals surface area (Å²) in [6.07, 6.45) is 2.48. The van der Waals surface area contributed by atoms with Gasteiger partial charge in [0.15, 0.2) is 0 Å². The maximum atomic E-state index is 12.2. The van der Waals surface area contributed by atoms with Crippen LogP contribution in [-0.2, 0) is 4.74 Å². The summed E-state index contributed by atoms with van der Waals surface area (Å²) >= 11 is 0. The Hall–Kier alpha value is -3.19. The molecular formula is C20H21N5O2. The fourth-order valence-electron chi connectivity index (χ4n) is 3.09. The van der Waals surface area contributed by atoms with E-state index in [-0.39, 0.29) is 11.9 Å². The van der Waals surface area contributed by atoms with Crippen LogP contribution in [0.25, 0.3) is 10.9 Å². The highest BCUT2D eigenvalue weighted by atomic mass is 16.5. The zero-order valence-electron chi connectivity index (χ0n) is 15.0. The fraction of sp³-hybridized carbons (Fsp3) is 0.250. The lowest BCUT2D eigenvalue weighted by Gasteiger charge is -2.17. The number of anilines is 3. The molecule has 138 valence electrons. The van der Waals surface area contributed by atoms with E-state index in [1.54, 1.807) is 13.2 Å². The molecule has 2 aromatic heterocycles. The summed E-state index contributed by atoms with van der Waals surface area (Å²) in [5.74, 6) is 1.13. The summed E-state index contributed by atoms with van der Waals surface area (Å²) in [7, 11) is 1.61. The van der Waals surface area contributed by atoms with E-state index in [2.05, 4.69) is 25.9 Å². The van der Waals surface area contributed by atoms with E-state index in [9.17, 15) is 4.79 Å². The van der Waals surface area contributed by atoms with Gasteiger partial charge in [0.1, 0.15) is 11.6 Å². The van der Waals surface area contributed by atoms with Crippen molar-refractivity contribution >= 4 is 34.1 Å². The molecule has 1 aliphatic rings. The lowest BCUT2D eigenvalue weighted by atomic mass is 10.1. The average molecular weight is 363 g/mol. The zero-order chi connectivity index (χ0) is 18.6. The first kappa shape index (κ1) is 17.2. The lowest BCUT2D eigenvalue weighted by Crippen LogP contribution is -2.24. The molecule has 3 N–H and O–H groups in total. The summed E-state index contributed by atoms with van der Waals surface area (Å²) in [4.78, 5) is 21.2. The molecule has 7 nitrogen and oxygen atoms in total. The molecule has 0 bridgehead atoms. The number of amides is 1. The average Bonchev–Trinajstić information content (AvgIpc) is 3.20. The molecule has 7 heteroatoms. The molecule has 4 rings (SSSR count). The first-order chi connectivity index (χ1) is 13.2. The summed E-state index contributed by atoms with van der Waals surface area (Å²) in [5.41, 5.74) is 2.13. The van der Waals surface area contributed by atoms with Crippen LogP contribution in [0.15, 0.2) is 48.7 Å². The molecule has 1 aromatic carbocycles. The largest absolute Gasteiger partial charge is 0.379 e. The van der Waals surface area contributed by atoms with Gasteiger partial charge in [0.2, 0.25) is 0 Å². The summed E-state index contributed by atoms with van der Waals surface area (Å²) in [5, 5.41) is 10.3. The van der Waals surface area contributed by atoms with E-state index in [1.807, 2.05) is 42.5 Å². The van der Waals surface area contributed by atoms with Crippen molar-refractivity contribution in [3.05, 3.63) is 54.2 Å². The number of hydrogen-bond donors (Lipinski definition) is 3. The highest BCUT2D eigenvalue weighted by molar-refractivity contribution is 5.99. The van der Waals surface area contributed by atoms with E-state index in [0.717, 1.165) is 29.6 Å². The third kappa shape index (κ3) is 3.83. The van der Waals surface area contributed by atoms with Crippen molar-refractivity contribution in [2.45, 2.75) is 12.5 Å². The number of aromatic nitrogens is 2. The van der Waals surface area contributed by atoms with Crippen LogP contribution < -0.4 is 16.0 Å². The quantitative estimate of drug-likeness (QED) is 0.646. The van der Waals surface area contributed by atoms with E-state index in [1.165, 1.54) is 0 Å². The van der Waals surface area contributed by atoms with Crippen LogP contribution in [0.5, 0.6) is 0 Å². The number of carbonyl (C=O) groups excluding carboxylic acids is 1. The smallest absolute Gasteiger partial charge is 0.254 e. The predicted octanol–water partition coefficient (Wildman–Crippen LogP) is 2.93. The van der Waals surface area contributed by atoms with Crippen molar-refractivity contribution < 1.29 is 9.53 Å². The van der Waals surface area contributed by atoms with Gasteiger partial charge in [-0.15, -0.1) is 0 Å². The highest BCUT2D eigenvalue weighted by Gasteiger charge is 2.19. The van der Waals surface area contributed by atoms with Crippen LogP contribution in [-0.4, -0.2) is 42.2 Å². The monoisotopic (exact) mass is 363 g/mol. The Morgan fingerprint density at radius 3 is 2.89 bits per heavy atom. The minimum Gasteiger partial charge on any atom is -0.379 e. The second-order valence-corrected chi connectivity index (χ2v) is 6.41. The number of para-hydroxylation sites is 1. The predicted molar refractivity (Wildman–Crippen MR) is 105 cm³/mol. The highest BCUT2D eigenvalue weighted by Crippen LogP contribution is 2.24. The second kappa shape index (κ2) is 7.59. The Bertz CT molecular complexity index is 969. The molecule has 3 aromatic rings. The molecule has 0 unspecified atom stereocenters. The number of ether oxygens (including phenoxy) is 1. The van der Waals surface area contributed by atoms with Gasteiger partial charge in [-0.3, -0.25) is 4.79 Å². The maximum Gasteiger partial charge on any atom is 0.254 e. The van der Waals surface area contributed by atoms with Gasteiger partial charge in [0, 0.05) is 31.3 Å². The minimum atomic E-state index is -0.181. The number of benzene rings is 1. The Labute approximate surface area is 157 Å². The van der Waals surface area contributed by atoms with Gasteiger partial charge in [-0.25, -0.2) is 9.97 Å². The zero-order valence-corrected chi connectivity index (χ0v) is 15.0. The van der Waals surface area contributed by atoms with Crippen LogP contribution in [0, 0.1) is 0 Å². The van der Waals surface area contributed by atoms with Crippen LogP contribution in [0.3, 0.4) is 0 Å². The summed E-state index contributed by atoms with van der Waals surface area (Å²) in [6, 6.07) is 13.9. The molecule has 0 saturated carbocycles. The normalized spacial score (nSPS) is 16.3. The van der Waals surface area contributed by atoms with Gasteiger partial charge in [-0.05, 0) is 24.6 Å². The van der Waals surface area contributed by atoms with Gasteiger partial charge in [-0.1, -0.05) is 18.2 Å². The molecule has 0 radical (unpaired) electrons. The molecule has 0 spiro atoms. The number of pyridine rings is 2. The molecular weight excluding hydrogens is 342 g/mol. The van der Waals surface area contributed by atoms with Crippen molar-refractivity contribution in [3.63, 3.8) is 0 Å². The second-order valence-electron chi connectivity index (χ2n) is 6.41. The topological polar surface area (TPSA) is 88.2 Å². The van der Waals surface area contributed by atoms with Gasteiger partial charge < -0.3 is 20.7 Å².